The molecule has 3 rings (SSSR count). The van der Waals surface area contributed by atoms with Crippen molar-refractivity contribution in [3.63, 3.8) is 0 Å². The molecule has 29 heavy (non-hydrogen) atoms. The molecule has 158 valence electrons. The summed E-state index contributed by atoms with van der Waals surface area (Å²) in [7, 11) is 1.65. The van der Waals surface area contributed by atoms with Crippen LogP contribution in [0.5, 0.6) is 0 Å². The van der Waals surface area contributed by atoms with Crippen LogP contribution in [0.25, 0.3) is 5.65 Å². The fourth-order valence-electron chi connectivity index (χ4n) is 3.85. The number of hydrogen-bond donors (Lipinski definition) is 3. The molecule has 0 unspecified atom stereocenters. The number of carbonyl (C=O) groups is 2. The quantitative estimate of drug-likeness (QED) is 0.591. The lowest BCUT2D eigenvalue weighted by Gasteiger charge is -2.35. The van der Waals surface area contributed by atoms with Crippen molar-refractivity contribution >= 4 is 17.6 Å². The van der Waals surface area contributed by atoms with E-state index in [1.807, 2.05) is 28.8 Å². The monoisotopic (exact) mass is 401 g/mol. The van der Waals surface area contributed by atoms with Gasteiger partial charge in [-0.25, -0.2) is 9.78 Å². The lowest BCUT2D eigenvalue weighted by atomic mass is 9.83. The van der Waals surface area contributed by atoms with Crippen molar-refractivity contribution in [3.05, 3.63) is 36.3 Å². The number of imidazole rings is 1. The predicted molar refractivity (Wildman–Crippen MR) is 110 cm³/mol. The van der Waals surface area contributed by atoms with Crippen molar-refractivity contribution in [2.75, 3.05) is 13.7 Å². The molecule has 0 saturated heterocycles. The van der Waals surface area contributed by atoms with E-state index in [0.717, 1.165) is 37.0 Å². The van der Waals surface area contributed by atoms with Gasteiger partial charge < -0.3 is 25.1 Å². The van der Waals surface area contributed by atoms with Gasteiger partial charge in [-0.15, -0.1) is 0 Å². The van der Waals surface area contributed by atoms with E-state index in [0.29, 0.717) is 19.5 Å². The molecule has 2 aromatic rings. The number of urea groups is 1. The number of nitrogens with zero attached hydrogens (tertiary/aromatic N) is 2. The average molecular weight is 402 g/mol. The Bertz CT molecular complexity index is 822. The zero-order valence-electron chi connectivity index (χ0n) is 17.2. The van der Waals surface area contributed by atoms with Crippen LogP contribution in [0.2, 0.25) is 0 Å². The number of ether oxygens (including phenoxy) is 1. The molecule has 1 saturated carbocycles. The molecule has 3 atom stereocenters. The van der Waals surface area contributed by atoms with Gasteiger partial charge in [0.1, 0.15) is 5.65 Å². The van der Waals surface area contributed by atoms with Gasteiger partial charge in [0, 0.05) is 25.8 Å². The second-order valence-corrected chi connectivity index (χ2v) is 7.54. The molecule has 1 fully saturated rings. The lowest BCUT2D eigenvalue weighted by molar-refractivity contribution is -0.127. The number of aromatic nitrogens is 2. The van der Waals surface area contributed by atoms with Crippen molar-refractivity contribution in [3.8, 4) is 0 Å². The molecule has 1 aliphatic carbocycles. The Morgan fingerprint density at radius 3 is 2.93 bits per heavy atom. The standard InChI is InChI=1S/C21H31N5O3/c1-3-4-10-22-21(28)25-17-12-15(8-9-18(17)29-2)20(27)24-14-16-13-23-19-7-5-6-11-26(16)19/h5-7,11,13,15,17-18H,3-4,8-10,12,14H2,1-2H3,(H,24,27)(H2,22,25,28)/t15-,17+,18+/m0/s1. The molecular weight excluding hydrogens is 370 g/mol. The van der Waals surface area contributed by atoms with E-state index < -0.39 is 0 Å². The Balaban J connectivity index is 1.54. The van der Waals surface area contributed by atoms with Crippen LogP contribution < -0.4 is 16.0 Å². The number of rotatable bonds is 8. The summed E-state index contributed by atoms with van der Waals surface area (Å²) in [4.78, 5) is 29.2. The predicted octanol–water partition coefficient (Wildman–Crippen LogP) is 2.23. The van der Waals surface area contributed by atoms with Gasteiger partial charge >= 0.3 is 6.03 Å². The van der Waals surface area contributed by atoms with Crippen LogP contribution in [0, 0.1) is 5.92 Å². The summed E-state index contributed by atoms with van der Waals surface area (Å²) in [5.41, 5.74) is 1.79. The van der Waals surface area contributed by atoms with E-state index in [2.05, 4.69) is 27.9 Å². The number of unbranched alkanes of at least 4 members (excludes halogenated alkanes) is 1. The molecule has 8 heteroatoms. The molecular formula is C21H31N5O3. The largest absolute Gasteiger partial charge is 0.379 e. The van der Waals surface area contributed by atoms with Crippen molar-refractivity contribution in [1.29, 1.82) is 0 Å². The molecule has 3 amide bonds. The number of pyridine rings is 1. The van der Waals surface area contributed by atoms with Crippen molar-refractivity contribution in [2.24, 2.45) is 5.92 Å². The topological polar surface area (TPSA) is 96.8 Å². The zero-order chi connectivity index (χ0) is 20.6. The maximum Gasteiger partial charge on any atom is 0.315 e. The Kier molecular flexibility index (Phi) is 7.46. The minimum Gasteiger partial charge on any atom is -0.379 e. The first-order valence-electron chi connectivity index (χ1n) is 10.4. The van der Waals surface area contributed by atoms with Crippen LogP contribution >= 0.6 is 0 Å². The number of hydrogen-bond acceptors (Lipinski definition) is 4. The Morgan fingerprint density at radius 1 is 1.28 bits per heavy atom. The van der Waals surface area contributed by atoms with E-state index in [1.54, 1.807) is 13.3 Å². The van der Waals surface area contributed by atoms with Gasteiger partial charge in [-0.2, -0.15) is 0 Å². The highest BCUT2D eigenvalue weighted by atomic mass is 16.5. The van der Waals surface area contributed by atoms with E-state index in [4.69, 9.17) is 4.74 Å². The Labute approximate surface area is 171 Å². The molecule has 0 radical (unpaired) electrons. The van der Waals surface area contributed by atoms with Crippen molar-refractivity contribution in [2.45, 2.75) is 57.7 Å². The second kappa shape index (κ2) is 10.2. The van der Waals surface area contributed by atoms with Crippen LogP contribution in [0.4, 0.5) is 4.79 Å². The molecule has 0 aromatic carbocycles. The first-order valence-corrected chi connectivity index (χ1v) is 10.4. The zero-order valence-corrected chi connectivity index (χ0v) is 17.2. The summed E-state index contributed by atoms with van der Waals surface area (Å²) in [5, 5.41) is 8.88. The Morgan fingerprint density at radius 2 is 2.14 bits per heavy atom. The minimum atomic E-state index is -0.197. The normalized spacial score (nSPS) is 21.7. The number of amides is 3. The fourth-order valence-corrected chi connectivity index (χ4v) is 3.85. The highest BCUT2D eigenvalue weighted by molar-refractivity contribution is 5.79. The average Bonchev–Trinajstić information content (AvgIpc) is 3.15. The summed E-state index contributed by atoms with van der Waals surface area (Å²) in [6, 6.07) is 5.43. The highest BCUT2D eigenvalue weighted by Crippen LogP contribution is 2.27. The van der Waals surface area contributed by atoms with E-state index >= 15 is 0 Å². The lowest BCUT2D eigenvalue weighted by Crippen LogP contribution is -2.52. The molecule has 8 nitrogen and oxygen atoms in total. The molecule has 0 bridgehead atoms. The number of methoxy groups -OCH3 is 1. The highest BCUT2D eigenvalue weighted by Gasteiger charge is 2.34. The smallest absolute Gasteiger partial charge is 0.315 e. The van der Waals surface area contributed by atoms with Crippen LogP contribution in [0.1, 0.15) is 44.7 Å². The molecule has 2 heterocycles. The van der Waals surface area contributed by atoms with E-state index in [-0.39, 0.29) is 30.0 Å². The summed E-state index contributed by atoms with van der Waals surface area (Å²) in [5.74, 6) is -0.148. The van der Waals surface area contributed by atoms with Gasteiger partial charge in [0.15, 0.2) is 0 Å². The molecule has 3 N–H and O–H groups in total. The maximum absolute atomic E-state index is 12.8. The first kappa shape index (κ1) is 21.1. The Hall–Kier alpha value is -2.61. The SMILES string of the molecule is CCCCNC(=O)N[C@@H]1C[C@@H](C(=O)NCc2cnc3ccccn23)CC[C@H]1OC. The maximum atomic E-state index is 12.8. The molecule has 0 spiro atoms. The van der Waals surface area contributed by atoms with E-state index in [9.17, 15) is 9.59 Å². The van der Waals surface area contributed by atoms with Crippen LogP contribution in [-0.4, -0.2) is 47.1 Å². The minimum absolute atomic E-state index is 0.00336. The third-order valence-electron chi connectivity index (χ3n) is 5.53. The number of fused-ring (bicyclic) bond motifs is 1. The molecule has 2 aromatic heterocycles. The summed E-state index contributed by atoms with van der Waals surface area (Å²) >= 11 is 0. The van der Waals surface area contributed by atoms with Gasteiger partial charge in [0.25, 0.3) is 0 Å². The van der Waals surface area contributed by atoms with Gasteiger partial charge in [-0.1, -0.05) is 19.4 Å². The van der Waals surface area contributed by atoms with Crippen LogP contribution in [0.3, 0.4) is 0 Å². The third kappa shape index (κ3) is 5.47. The summed E-state index contributed by atoms with van der Waals surface area (Å²) in [6.45, 7) is 3.15. The summed E-state index contributed by atoms with van der Waals surface area (Å²) in [6.07, 6.45) is 7.66. The van der Waals surface area contributed by atoms with Crippen molar-refractivity contribution < 1.29 is 14.3 Å². The molecule has 1 aliphatic rings. The van der Waals surface area contributed by atoms with Gasteiger partial charge in [-0.05, 0) is 37.8 Å². The van der Waals surface area contributed by atoms with Gasteiger partial charge in [-0.3, -0.25) is 4.79 Å². The van der Waals surface area contributed by atoms with Crippen molar-refractivity contribution in [1.82, 2.24) is 25.3 Å². The molecule has 0 aliphatic heterocycles. The summed E-state index contributed by atoms with van der Waals surface area (Å²) < 4.78 is 7.51. The third-order valence-corrected chi connectivity index (χ3v) is 5.53. The number of carbonyl (C=O) groups excluding carboxylic acids is 2. The van der Waals surface area contributed by atoms with Crippen LogP contribution in [0.15, 0.2) is 30.6 Å². The fraction of sp³-hybridized carbons (Fsp3) is 0.571. The number of nitrogens with one attached hydrogen (secondary N) is 3. The van der Waals surface area contributed by atoms with Gasteiger partial charge in [0.05, 0.1) is 30.6 Å². The first-order chi connectivity index (χ1) is 14.1. The van der Waals surface area contributed by atoms with Crippen LogP contribution in [-0.2, 0) is 16.1 Å². The van der Waals surface area contributed by atoms with E-state index in [1.165, 1.54) is 0 Å². The van der Waals surface area contributed by atoms with Gasteiger partial charge in [0.2, 0.25) is 5.91 Å². The second-order valence-electron chi connectivity index (χ2n) is 7.54.